The summed E-state index contributed by atoms with van der Waals surface area (Å²) in [4.78, 5) is 33.4. The van der Waals surface area contributed by atoms with Gasteiger partial charge in [0.25, 0.3) is 0 Å². The molecule has 1 N–H and O–H groups in total. The summed E-state index contributed by atoms with van der Waals surface area (Å²) in [6.45, 7) is 7.78. The zero-order chi connectivity index (χ0) is 26.7. The Balaban J connectivity index is 1.45. The standard InChI is InChI=1S/C32H34N4O3/c1-4-5-6-14-24(38)34-17-15-31-21-11-7-8-12-22(21)33-28-32(31)16-18-35(29(31)34)26(27-30(2,3)39-27)20-10-9-13-23(25(20)32)36(28)19-37/h4-14,19,26-29,33H,15-18H2,1-3H3/b5-4+,14-6+/t26-,27+,28+,29?,31-,32-/m1/s1. The summed E-state index contributed by atoms with van der Waals surface area (Å²) >= 11 is 0. The van der Waals surface area contributed by atoms with Crippen LogP contribution < -0.4 is 10.2 Å². The van der Waals surface area contributed by atoms with E-state index in [1.165, 1.54) is 16.7 Å². The van der Waals surface area contributed by atoms with Crippen LogP contribution in [0.15, 0.2) is 66.8 Å². The molecule has 3 fully saturated rings. The van der Waals surface area contributed by atoms with E-state index in [0.717, 1.165) is 37.2 Å². The van der Waals surface area contributed by atoms with Gasteiger partial charge in [-0.1, -0.05) is 48.6 Å². The van der Waals surface area contributed by atoms with Gasteiger partial charge in [0.2, 0.25) is 12.3 Å². The third kappa shape index (κ3) is 2.61. The highest BCUT2D eigenvalue weighted by Gasteiger charge is 2.77. The molecule has 6 aliphatic rings. The van der Waals surface area contributed by atoms with Gasteiger partial charge in [0.1, 0.15) is 12.3 Å². The predicted molar refractivity (Wildman–Crippen MR) is 149 cm³/mol. The summed E-state index contributed by atoms with van der Waals surface area (Å²) < 4.78 is 6.39. The first-order valence-corrected chi connectivity index (χ1v) is 14.2. The number of likely N-dealkylation sites (tertiary alicyclic amines) is 1. The van der Waals surface area contributed by atoms with Crippen molar-refractivity contribution in [2.45, 2.75) is 74.5 Å². The predicted octanol–water partition coefficient (Wildman–Crippen LogP) is 4.22. The van der Waals surface area contributed by atoms with Gasteiger partial charge in [-0.2, -0.15) is 0 Å². The summed E-state index contributed by atoms with van der Waals surface area (Å²) in [6, 6.07) is 15.0. The number of hydrogen-bond donors (Lipinski definition) is 1. The summed E-state index contributed by atoms with van der Waals surface area (Å²) in [6.07, 6.45) is 9.79. The number of fused-ring (bicyclic) bond motifs is 1. The molecule has 2 unspecified atom stereocenters. The van der Waals surface area contributed by atoms with Gasteiger partial charge in [-0.3, -0.25) is 19.4 Å². The summed E-state index contributed by atoms with van der Waals surface area (Å²) in [5, 5.41) is 3.83. The van der Waals surface area contributed by atoms with Gasteiger partial charge in [0.05, 0.1) is 23.2 Å². The number of benzene rings is 2. The van der Waals surface area contributed by atoms with E-state index >= 15 is 0 Å². The van der Waals surface area contributed by atoms with Crippen molar-refractivity contribution >= 4 is 23.7 Å². The van der Waals surface area contributed by atoms with E-state index in [2.05, 4.69) is 71.4 Å². The molecule has 7 heteroatoms. The number of nitrogens with zero attached hydrogens (tertiary/aromatic N) is 3. The van der Waals surface area contributed by atoms with Crippen molar-refractivity contribution in [1.82, 2.24) is 9.80 Å². The van der Waals surface area contributed by atoms with Crippen LogP contribution in [-0.4, -0.2) is 59.2 Å². The Morgan fingerprint density at radius 1 is 1.05 bits per heavy atom. The van der Waals surface area contributed by atoms with Crippen LogP contribution in [0, 0.1) is 0 Å². The van der Waals surface area contributed by atoms with E-state index in [1.54, 1.807) is 6.08 Å². The fourth-order valence-corrected chi connectivity index (χ4v) is 9.22. The topological polar surface area (TPSA) is 68.4 Å². The van der Waals surface area contributed by atoms with Gasteiger partial charge in [-0.25, -0.2) is 0 Å². The van der Waals surface area contributed by atoms with E-state index in [0.29, 0.717) is 6.54 Å². The first kappa shape index (κ1) is 23.5. The molecule has 0 aromatic heterocycles. The van der Waals surface area contributed by atoms with Crippen molar-refractivity contribution in [1.29, 1.82) is 0 Å². The minimum absolute atomic E-state index is 0.00543. The average molecular weight is 523 g/mol. The minimum atomic E-state index is -0.377. The lowest BCUT2D eigenvalue weighted by Crippen LogP contribution is -2.73. The molecule has 200 valence electrons. The van der Waals surface area contributed by atoms with Crippen LogP contribution in [0.1, 0.15) is 56.3 Å². The summed E-state index contributed by atoms with van der Waals surface area (Å²) in [5.41, 5.74) is 4.86. The molecular weight excluding hydrogens is 488 g/mol. The molecule has 0 aliphatic carbocycles. The van der Waals surface area contributed by atoms with E-state index in [4.69, 9.17) is 4.74 Å². The Hall–Kier alpha value is -3.42. The van der Waals surface area contributed by atoms with Crippen LogP contribution in [0.4, 0.5) is 11.4 Å². The number of ether oxygens (including phenoxy) is 1. The number of amides is 2. The van der Waals surface area contributed by atoms with Gasteiger partial charge < -0.3 is 15.0 Å². The molecule has 2 spiro atoms. The minimum Gasteiger partial charge on any atom is -0.365 e. The molecule has 7 atom stereocenters. The Morgan fingerprint density at radius 2 is 1.85 bits per heavy atom. The highest BCUT2D eigenvalue weighted by atomic mass is 16.6. The first-order valence-electron chi connectivity index (χ1n) is 14.2. The van der Waals surface area contributed by atoms with Gasteiger partial charge >= 0.3 is 0 Å². The smallest absolute Gasteiger partial charge is 0.247 e. The molecule has 7 nitrogen and oxygen atoms in total. The zero-order valence-corrected chi connectivity index (χ0v) is 22.6. The monoisotopic (exact) mass is 522 g/mol. The molecular formula is C32H34N4O3. The van der Waals surface area contributed by atoms with Gasteiger partial charge in [-0.05, 0) is 62.4 Å². The average Bonchev–Trinajstić information content (AvgIpc) is 3.31. The van der Waals surface area contributed by atoms with Crippen molar-refractivity contribution in [3.8, 4) is 0 Å². The molecule has 2 bridgehead atoms. The largest absolute Gasteiger partial charge is 0.365 e. The third-order valence-electron chi connectivity index (χ3n) is 10.6. The normalized spacial score (nSPS) is 37.9. The number of carbonyl (C=O) groups is 2. The number of hydrogen-bond acceptors (Lipinski definition) is 5. The number of epoxide rings is 1. The molecule has 3 saturated heterocycles. The highest BCUT2D eigenvalue weighted by Crippen LogP contribution is 2.72. The SMILES string of the molecule is C/C=C/C=C/C(=O)N1CC[C@]23c4ccccc4N[C@H]4N(C=O)c5cccc6c5[C@]42CCN(C13)[C@H]6[C@@H]1OC1(C)C. The van der Waals surface area contributed by atoms with Crippen molar-refractivity contribution in [3.63, 3.8) is 0 Å². The van der Waals surface area contributed by atoms with Crippen LogP contribution in [0.25, 0.3) is 0 Å². The maximum Gasteiger partial charge on any atom is 0.247 e. The summed E-state index contributed by atoms with van der Waals surface area (Å²) in [5.74, 6) is 0.0377. The fourth-order valence-electron chi connectivity index (χ4n) is 9.22. The van der Waals surface area contributed by atoms with Crippen molar-refractivity contribution in [2.24, 2.45) is 0 Å². The number of nitrogens with one attached hydrogen (secondary N) is 1. The van der Waals surface area contributed by atoms with E-state index in [-0.39, 0.29) is 46.8 Å². The van der Waals surface area contributed by atoms with Crippen molar-refractivity contribution in [2.75, 3.05) is 23.3 Å². The highest BCUT2D eigenvalue weighted by molar-refractivity contribution is 5.91. The Labute approximate surface area is 229 Å². The number of para-hydroxylation sites is 1. The number of carbonyl (C=O) groups excluding carboxylic acids is 2. The Kier molecular flexibility index (Phi) is 4.58. The summed E-state index contributed by atoms with van der Waals surface area (Å²) in [7, 11) is 0. The molecule has 0 radical (unpaired) electrons. The van der Waals surface area contributed by atoms with E-state index in [9.17, 15) is 9.59 Å². The molecule has 2 aromatic rings. The number of anilines is 2. The lowest BCUT2D eigenvalue weighted by atomic mass is 9.50. The Bertz CT molecular complexity index is 1480. The molecule has 2 amide bonds. The van der Waals surface area contributed by atoms with Gasteiger partial charge in [-0.15, -0.1) is 0 Å². The molecule has 6 heterocycles. The second-order valence-electron chi connectivity index (χ2n) is 12.4. The first-order chi connectivity index (χ1) is 18.9. The second-order valence-corrected chi connectivity index (χ2v) is 12.4. The number of allylic oxidation sites excluding steroid dienone is 3. The number of rotatable bonds is 4. The van der Waals surface area contributed by atoms with Crippen molar-refractivity contribution < 1.29 is 14.3 Å². The van der Waals surface area contributed by atoms with E-state index in [1.807, 2.05) is 30.1 Å². The lowest BCUT2D eigenvalue weighted by Gasteiger charge is -2.62. The Morgan fingerprint density at radius 3 is 2.62 bits per heavy atom. The third-order valence-corrected chi connectivity index (χ3v) is 10.6. The van der Waals surface area contributed by atoms with E-state index < -0.39 is 0 Å². The van der Waals surface area contributed by atoms with Gasteiger partial charge in [0.15, 0.2) is 0 Å². The van der Waals surface area contributed by atoms with Crippen LogP contribution in [0.3, 0.4) is 0 Å². The van der Waals surface area contributed by atoms with Crippen LogP contribution >= 0.6 is 0 Å². The molecule has 6 aliphatic heterocycles. The molecule has 39 heavy (non-hydrogen) atoms. The van der Waals surface area contributed by atoms with Crippen LogP contribution in [0.2, 0.25) is 0 Å². The maximum absolute atomic E-state index is 13.9. The van der Waals surface area contributed by atoms with Crippen molar-refractivity contribution in [3.05, 3.63) is 83.5 Å². The fraction of sp³-hybridized carbons (Fsp3) is 0.438. The van der Waals surface area contributed by atoms with Gasteiger partial charge in [0, 0.05) is 36.0 Å². The maximum atomic E-state index is 13.9. The zero-order valence-electron chi connectivity index (χ0n) is 22.6. The quantitative estimate of drug-likeness (QED) is 0.282. The second kappa shape index (κ2) is 7.61. The molecule has 0 saturated carbocycles. The molecule has 2 aromatic carbocycles. The molecule has 8 rings (SSSR count). The lowest BCUT2D eigenvalue weighted by molar-refractivity contribution is -0.137. The number of piperidine rings is 1. The van der Waals surface area contributed by atoms with Crippen LogP contribution in [-0.2, 0) is 25.2 Å². The van der Waals surface area contributed by atoms with Crippen LogP contribution in [0.5, 0.6) is 0 Å².